The molecule has 1 aliphatic heterocycles. The zero-order valence-electron chi connectivity index (χ0n) is 16.0. The van der Waals surface area contributed by atoms with E-state index in [0.717, 1.165) is 22.6 Å². The average molecular weight is 499 g/mol. The largest absolute Gasteiger partial charge is 0.447 e. The minimum atomic E-state index is -4.64. The second-order valence-corrected chi connectivity index (χ2v) is 9.61. The van der Waals surface area contributed by atoms with Crippen LogP contribution >= 0.6 is 11.8 Å². The van der Waals surface area contributed by atoms with Gasteiger partial charge in [0, 0.05) is 44.1 Å². The molecule has 32 heavy (non-hydrogen) atoms. The molecule has 174 valence electrons. The molecule has 0 N–H and O–H groups in total. The van der Waals surface area contributed by atoms with Crippen LogP contribution in [0.5, 0.6) is 0 Å². The van der Waals surface area contributed by atoms with Gasteiger partial charge in [0.1, 0.15) is 5.03 Å². The summed E-state index contributed by atoms with van der Waals surface area (Å²) >= 11 is -0.520. The van der Waals surface area contributed by atoms with Crippen molar-refractivity contribution in [2.24, 2.45) is 0 Å². The van der Waals surface area contributed by atoms with Crippen molar-refractivity contribution in [1.29, 1.82) is 0 Å². The van der Waals surface area contributed by atoms with E-state index in [-0.39, 0.29) is 36.6 Å². The topological polar surface area (TPSA) is 70.6 Å². The normalized spacial score (nSPS) is 16.2. The van der Waals surface area contributed by atoms with Crippen molar-refractivity contribution < 1.29 is 39.6 Å². The number of halogens is 6. The molecule has 1 aliphatic rings. The molecule has 1 aromatic heterocycles. The lowest BCUT2D eigenvalue weighted by Gasteiger charge is -2.34. The predicted molar refractivity (Wildman–Crippen MR) is 102 cm³/mol. The number of thioether (sulfide) groups is 1. The number of piperazine rings is 1. The predicted octanol–water partition coefficient (Wildman–Crippen LogP) is 3.86. The highest BCUT2D eigenvalue weighted by molar-refractivity contribution is 8.00. The van der Waals surface area contributed by atoms with Gasteiger partial charge in [-0.1, -0.05) is 0 Å². The van der Waals surface area contributed by atoms with Crippen molar-refractivity contribution in [2.75, 3.05) is 26.2 Å². The van der Waals surface area contributed by atoms with Crippen LogP contribution in [0.1, 0.15) is 15.9 Å². The third-order valence-electron chi connectivity index (χ3n) is 4.56. The first-order valence-corrected chi connectivity index (χ1v) is 11.2. The summed E-state index contributed by atoms with van der Waals surface area (Å²) in [6.45, 7) is -0.554. The van der Waals surface area contributed by atoms with Gasteiger partial charge in [0.15, 0.2) is 0 Å². The number of pyridine rings is 1. The molecule has 1 saturated heterocycles. The molecule has 1 fully saturated rings. The van der Waals surface area contributed by atoms with Gasteiger partial charge in [-0.25, -0.2) is 13.4 Å². The number of carbonyl (C=O) groups excluding carboxylic acids is 1. The zero-order valence-corrected chi connectivity index (χ0v) is 17.7. The molecule has 14 heteroatoms. The van der Waals surface area contributed by atoms with Crippen molar-refractivity contribution in [1.82, 2.24) is 14.2 Å². The quantitative estimate of drug-likeness (QED) is 0.472. The molecule has 2 aromatic rings. The maximum Gasteiger partial charge on any atom is 0.447 e. The smallest absolute Gasteiger partial charge is 0.336 e. The van der Waals surface area contributed by atoms with E-state index in [4.69, 9.17) is 0 Å². The number of alkyl halides is 6. The Morgan fingerprint density at radius 1 is 0.938 bits per heavy atom. The minimum Gasteiger partial charge on any atom is -0.336 e. The maximum absolute atomic E-state index is 12.7. The Hall–Kier alpha value is -2.32. The lowest BCUT2D eigenvalue weighted by atomic mass is 10.2. The summed E-state index contributed by atoms with van der Waals surface area (Å²) in [5, 5.41) is -0.509. The molecule has 0 aliphatic carbocycles. The second-order valence-electron chi connectivity index (χ2n) is 6.62. The molecule has 0 unspecified atom stereocenters. The molecule has 3 rings (SSSR count). The molecule has 0 saturated carbocycles. The van der Waals surface area contributed by atoms with Gasteiger partial charge in [0.05, 0.1) is 16.0 Å². The van der Waals surface area contributed by atoms with E-state index in [1.54, 1.807) is 0 Å². The van der Waals surface area contributed by atoms with Crippen molar-refractivity contribution in [3.63, 3.8) is 0 Å². The summed E-state index contributed by atoms with van der Waals surface area (Å²) in [6.07, 6.45) is -3.48. The number of aromatic nitrogens is 1. The van der Waals surface area contributed by atoms with Crippen LogP contribution < -0.4 is 0 Å². The first-order valence-electron chi connectivity index (χ1n) is 8.96. The van der Waals surface area contributed by atoms with Crippen molar-refractivity contribution in [3.8, 4) is 0 Å². The molecule has 1 amide bonds. The molecule has 2 heterocycles. The van der Waals surface area contributed by atoms with E-state index in [9.17, 15) is 39.6 Å². The number of hydrogen-bond donors (Lipinski definition) is 0. The molecular formula is C18H15F6N3O3S2. The van der Waals surface area contributed by atoms with E-state index in [2.05, 4.69) is 4.98 Å². The summed E-state index contributed by atoms with van der Waals surface area (Å²) in [5.74, 6) is -0.726. The Morgan fingerprint density at radius 3 is 2.06 bits per heavy atom. The van der Waals surface area contributed by atoms with Crippen LogP contribution in [-0.4, -0.2) is 60.2 Å². The Labute approximate surface area is 183 Å². The van der Waals surface area contributed by atoms with Gasteiger partial charge in [-0.15, -0.1) is 0 Å². The summed E-state index contributed by atoms with van der Waals surface area (Å²) in [4.78, 5) is 17.2. The second kappa shape index (κ2) is 8.90. The molecule has 0 spiro atoms. The van der Waals surface area contributed by atoms with Gasteiger partial charge >= 0.3 is 11.7 Å². The summed E-state index contributed by atoms with van der Waals surface area (Å²) in [7, 11) is -4.11. The van der Waals surface area contributed by atoms with Gasteiger partial charge in [-0.2, -0.15) is 30.6 Å². The standard InChI is InChI=1S/C18H15F6N3O3S2/c19-17(20,21)12-3-5-13(6-4-12)32(29,30)27-10-8-26(9-11-27)16(28)14-2-1-7-25-15(14)31-18(22,23)24/h1-7H,8-11H2. The highest BCUT2D eigenvalue weighted by Crippen LogP contribution is 2.37. The Kier molecular flexibility index (Phi) is 6.77. The van der Waals surface area contributed by atoms with E-state index >= 15 is 0 Å². The highest BCUT2D eigenvalue weighted by Gasteiger charge is 2.35. The van der Waals surface area contributed by atoms with Gasteiger partial charge in [0.2, 0.25) is 10.0 Å². The molecule has 6 nitrogen and oxygen atoms in total. The molecule has 1 aromatic carbocycles. The van der Waals surface area contributed by atoms with Crippen molar-refractivity contribution >= 4 is 27.7 Å². The van der Waals surface area contributed by atoms with Crippen LogP contribution in [0.4, 0.5) is 26.3 Å². The average Bonchev–Trinajstić information content (AvgIpc) is 2.72. The summed E-state index contributed by atoms with van der Waals surface area (Å²) in [5.41, 5.74) is -5.89. The number of hydrogen-bond acceptors (Lipinski definition) is 5. The monoisotopic (exact) mass is 499 g/mol. The van der Waals surface area contributed by atoms with E-state index in [1.165, 1.54) is 17.0 Å². The number of benzene rings is 1. The van der Waals surface area contributed by atoms with Crippen LogP contribution in [0.2, 0.25) is 0 Å². The number of rotatable bonds is 4. The van der Waals surface area contributed by atoms with Crippen LogP contribution in [-0.2, 0) is 16.2 Å². The Balaban J connectivity index is 1.71. The van der Waals surface area contributed by atoms with Crippen LogP contribution in [0.25, 0.3) is 0 Å². The lowest BCUT2D eigenvalue weighted by Crippen LogP contribution is -2.50. The fourth-order valence-electron chi connectivity index (χ4n) is 3.01. The zero-order chi connectivity index (χ0) is 23.7. The fourth-order valence-corrected chi connectivity index (χ4v) is 5.03. The molecule has 0 bridgehead atoms. The molecule has 0 radical (unpaired) electrons. The van der Waals surface area contributed by atoms with Crippen molar-refractivity contribution in [2.45, 2.75) is 21.6 Å². The van der Waals surface area contributed by atoms with Crippen LogP contribution in [0.15, 0.2) is 52.5 Å². The first-order chi connectivity index (χ1) is 14.8. The van der Waals surface area contributed by atoms with Crippen molar-refractivity contribution in [3.05, 3.63) is 53.7 Å². The van der Waals surface area contributed by atoms with Crippen LogP contribution in [0.3, 0.4) is 0 Å². The number of nitrogens with zero attached hydrogens (tertiary/aromatic N) is 3. The first kappa shape index (κ1) is 24.3. The molecular weight excluding hydrogens is 484 g/mol. The van der Waals surface area contributed by atoms with Gasteiger partial charge < -0.3 is 4.90 Å². The summed E-state index contributed by atoms with van der Waals surface area (Å²) < 4.78 is 103. The number of amides is 1. The van der Waals surface area contributed by atoms with E-state index < -0.39 is 50.0 Å². The third-order valence-corrected chi connectivity index (χ3v) is 7.22. The lowest BCUT2D eigenvalue weighted by molar-refractivity contribution is -0.137. The Bertz CT molecular complexity index is 1080. The Morgan fingerprint density at radius 2 is 1.53 bits per heavy atom. The van der Waals surface area contributed by atoms with Gasteiger partial charge in [-0.05, 0) is 36.4 Å². The van der Waals surface area contributed by atoms with E-state index in [0.29, 0.717) is 12.1 Å². The minimum absolute atomic E-state index is 0.107. The highest BCUT2D eigenvalue weighted by atomic mass is 32.2. The summed E-state index contributed by atoms with van der Waals surface area (Å²) in [6, 6.07) is 5.55. The maximum atomic E-state index is 12.7. The van der Waals surface area contributed by atoms with E-state index in [1.807, 2.05) is 0 Å². The van der Waals surface area contributed by atoms with Crippen LogP contribution in [0, 0.1) is 0 Å². The van der Waals surface area contributed by atoms with Gasteiger partial charge in [0.25, 0.3) is 5.91 Å². The molecule has 0 atom stereocenters. The SMILES string of the molecule is O=C(c1cccnc1SC(F)(F)F)N1CCN(S(=O)(=O)c2ccc(C(F)(F)F)cc2)CC1. The third kappa shape index (κ3) is 5.53. The number of sulfonamides is 1. The fraction of sp³-hybridized carbons (Fsp3) is 0.333. The number of carbonyl (C=O) groups is 1. The van der Waals surface area contributed by atoms with Gasteiger partial charge in [-0.3, -0.25) is 4.79 Å².